The van der Waals surface area contributed by atoms with Crippen molar-refractivity contribution in [1.82, 2.24) is 0 Å². The molecule has 0 radical (unpaired) electrons. The van der Waals surface area contributed by atoms with E-state index in [1.54, 1.807) is 12.1 Å². The summed E-state index contributed by atoms with van der Waals surface area (Å²) < 4.78 is 29.7. The second-order valence-corrected chi connectivity index (χ2v) is 9.36. The molecule has 1 saturated carbocycles. The predicted molar refractivity (Wildman–Crippen MR) is 127 cm³/mol. The van der Waals surface area contributed by atoms with Crippen molar-refractivity contribution in [2.45, 2.75) is 77.0 Å². The Morgan fingerprint density at radius 3 is 2.19 bits per heavy atom. The van der Waals surface area contributed by atoms with Gasteiger partial charge in [-0.2, -0.15) is 0 Å². The summed E-state index contributed by atoms with van der Waals surface area (Å²) in [5, 5.41) is 2.36. The van der Waals surface area contributed by atoms with Gasteiger partial charge in [-0.05, 0) is 84.4 Å². The van der Waals surface area contributed by atoms with Crippen LogP contribution in [-0.4, -0.2) is 0 Å². The molecule has 164 valence electrons. The number of unbranched alkanes of at least 4 members (excludes halogenated alkanes) is 2. The third kappa shape index (κ3) is 5.53. The Bertz CT molecular complexity index is 976. The van der Waals surface area contributed by atoms with Crippen molar-refractivity contribution in [1.29, 1.82) is 0 Å². The van der Waals surface area contributed by atoms with Crippen molar-refractivity contribution in [3.05, 3.63) is 82.9 Å². The summed E-state index contributed by atoms with van der Waals surface area (Å²) in [6.07, 6.45) is 10.8. The quantitative estimate of drug-likeness (QED) is 0.319. The van der Waals surface area contributed by atoms with Gasteiger partial charge in [-0.25, -0.2) is 8.78 Å². The van der Waals surface area contributed by atoms with Gasteiger partial charge in [0.05, 0.1) is 0 Å². The maximum Gasteiger partial charge on any atom is 0.129 e. The van der Waals surface area contributed by atoms with Gasteiger partial charge in [0.15, 0.2) is 0 Å². The number of benzene rings is 3. The standard InChI is InChI=1S/C29H34F2/c1-2-3-4-7-21-10-14-24(15-11-21)26-19-28(30)27(29(31)20-26)17-13-22-12-16-23-8-5-6-9-25(23)18-22/h5-6,8-9,12,16,18-21,24H,2-4,7,10-11,13-15,17H2,1H3. The number of halogens is 2. The Morgan fingerprint density at radius 2 is 1.48 bits per heavy atom. The first-order valence-electron chi connectivity index (χ1n) is 12.1. The van der Waals surface area contributed by atoms with Gasteiger partial charge in [-0.3, -0.25) is 0 Å². The number of aryl methyl sites for hydroxylation is 1. The fraction of sp³-hybridized carbons (Fsp3) is 0.448. The minimum Gasteiger partial charge on any atom is -0.207 e. The summed E-state index contributed by atoms with van der Waals surface area (Å²) in [6.45, 7) is 2.24. The Hall–Kier alpha value is -2.22. The SMILES string of the molecule is CCCCCC1CCC(c2cc(F)c(CCc3ccc4ccccc4c3)c(F)c2)CC1. The molecule has 3 aromatic carbocycles. The Morgan fingerprint density at radius 1 is 0.774 bits per heavy atom. The van der Waals surface area contributed by atoms with E-state index < -0.39 is 0 Å². The maximum absolute atomic E-state index is 14.9. The van der Waals surface area contributed by atoms with Gasteiger partial charge in [-0.15, -0.1) is 0 Å². The van der Waals surface area contributed by atoms with Crippen molar-refractivity contribution in [3.63, 3.8) is 0 Å². The smallest absolute Gasteiger partial charge is 0.129 e. The van der Waals surface area contributed by atoms with Crippen LogP contribution in [0.15, 0.2) is 54.6 Å². The highest BCUT2D eigenvalue weighted by Crippen LogP contribution is 2.38. The second-order valence-electron chi connectivity index (χ2n) is 9.36. The zero-order valence-corrected chi connectivity index (χ0v) is 18.7. The van der Waals surface area contributed by atoms with E-state index in [1.807, 2.05) is 12.1 Å². The lowest BCUT2D eigenvalue weighted by molar-refractivity contribution is 0.302. The summed E-state index contributed by atoms with van der Waals surface area (Å²) in [4.78, 5) is 0. The van der Waals surface area contributed by atoms with Crippen LogP contribution >= 0.6 is 0 Å². The van der Waals surface area contributed by atoms with Crippen LogP contribution in [-0.2, 0) is 12.8 Å². The monoisotopic (exact) mass is 420 g/mol. The summed E-state index contributed by atoms with van der Waals surface area (Å²) >= 11 is 0. The molecular weight excluding hydrogens is 386 g/mol. The van der Waals surface area contributed by atoms with E-state index in [-0.39, 0.29) is 17.2 Å². The minimum atomic E-state index is -0.374. The van der Waals surface area contributed by atoms with Gasteiger partial charge in [0, 0.05) is 5.56 Å². The number of rotatable bonds is 8. The van der Waals surface area contributed by atoms with Crippen LogP contribution in [0.3, 0.4) is 0 Å². The second kappa shape index (κ2) is 10.4. The molecule has 1 fully saturated rings. The molecule has 0 spiro atoms. The molecule has 31 heavy (non-hydrogen) atoms. The number of hydrogen-bond donors (Lipinski definition) is 0. The molecule has 0 unspecified atom stereocenters. The van der Waals surface area contributed by atoms with Crippen LogP contribution in [0.2, 0.25) is 0 Å². The zero-order chi connectivity index (χ0) is 21.6. The van der Waals surface area contributed by atoms with E-state index in [0.717, 1.165) is 29.9 Å². The van der Waals surface area contributed by atoms with Crippen molar-refractivity contribution in [2.24, 2.45) is 5.92 Å². The highest BCUT2D eigenvalue weighted by Gasteiger charge is 2.24. The molecule has 0 amide bonds. The molecule has 0 aromatic heterocycles. The first-order chi connectivity index (χ1) is 15.1. The molecule has 3 aromatic rings. The summed E-state index contributed by atoms with van der Waals surface area (Å²) in [5.74, 6) is 0.362. The van der Waals surface area contributed by atoms with Gasteiger partial charge in [0.25, 0.3) is 0 Å². The van der Waals surface area contributed by atoms with Gasteiger partial charge >= 0.3 is 0 Å². The van der Waals surface area contributed by atoms with E-state index in [0.29, 0.717) is 18.8 Å². The molecule has 0 N–H and O–H groups in total. The van der Waals surface area contributed by atoms with E-state index in [1.165, 1.54) is 49.3 Å². The molecule has 0 saturated heterocycles. The third-order valence-electron chi connectivity index (χ3n) is 7.17. The van der Waals surface area contributed by atoms with Crippen LogP contribution in [0, 0.1) is 17.6 Å². The normalized spacial score (nSPS) is 19.1. The van der Waals surface area contributed by atoms with Gasteiger partial charge in [-0.1, -0.05) is 75.1 Å². The first kappa shape index (κ1) is 22.0. The van der Waals surface area contributed by atoms with Crippen LogP contribution in [0.25, 0.3) is 10.8 Å². The fourth-order valence-corrected chi connectivity index (χ4v) is 5.23. The lowest BCUT2D eigenvalue weighted by Crippen LogP contribution is -2.14. The van der Waals surface area contributed by atoms with Crippen molar-refractivity contribution in [3.8, 4) is 0 Å². The molecule has 1 aliphatic carbocycles. The summed E-state index contributed by atoms with van der Waals surface area (Å²) in [5.41, 5.74) is 2.20. The number of hydrogen-bond acceptors (Lipinski definition) is 0. The van der Waals surface area contributed by atoms with E-state index >= 15 is 0 Å². The van der Waals surface area contributed by atoms with Crippen LogP contribution in [0.4, 0.5) is 8.78 Å². The first-order valence-corrected chi connectivity index (χ1v) is 12.1. The zero-order valence-electron chi connectivity index (χ0n) is 18.7. The Balaban J connectivity index is 1.38. The van der Waals surface area contributed by atoms with Crippen molar-refractivity contribution in [2.75, 3.05) is 0 Å². The Labute approximate surface area is 185 Å². The number of fused-ring (bicyclic) bond motifs is 1. The van der Waals surface area contributed by atoms with Crippen LogP contribution in [0.5, 0.6) is 0 Å². The topological polar surface area (TPSA) is 0 Å². The highest BCUT2D eigenvalue weighted by atomic mass is 19.1. The maximum atomic E-state index is 14.9. The fourth-order valence-electron chi connectivity index (χ4n) is 5.23. The molecule has 2 heteroatoms. The van der Waals surface area contributed by atoms with Crippen molar-refractivity contribution < 1.29 is 8.78 Å². The lowest BCUT2D eigenvalue weighted by atomic mass is 9.77. The average molecular weight is 421 g/mol. The van der Waals surface area contributed by atoms with E-state index in [9.17, 15) is 8.78 Å². The Kier molecular flexibility index (Phi) is 7.37. The van der Waals surface area contributed by atoms with Crippen LogP contribution in [0.1, 0.15) is 80.9 Å². The molecule has 0 heterocycles. The molecule has 0 bridgehead atoms. The molecular formula is C29H34F2. The third-order valence-corrected chi connectivity index (χ3v) is 7.17. The van der Waals surface area contributed by atoms with Gasteiger partial charge in [0.1, 0.15) is 11.6 Å². The highest BCUT2D eigenvalue weighted by molar-refractivity contribution is 5.82. The summed E-state index contributed by atoms with van der Waals surface area (Å²) in [6, 6.07) is 17.7. The molecule has 1 aliphatic rings. The minimum absolute atomic E-state index is 0.227. The largest absolute Gasteiger partial charge is 0.207 e. The molecule has 0 aliphatic heterocycles. The van der Waals surface area contributed by atoms with Crippen LogP contribution < -0.4 is 0 Å². The lowest BCUT2D eigenvalue weighted by Gasteiger charge is -2.29. The van der Waals surface area contributed by atoms with Gasteiger partial charge in [0.2, 0.25) is 0 Å². The van der Waals surface area contributed by atoms with E-state index in [2.05, 4.69) is 37.3 Å². The van der Waals surface area contributed by atoms with Gasteiger partial charge < -0.3 is 0 Å². The molecule has 0 atom stereocenters. The predicted octanol–water partition coefficient (Wildman–Crippen LogP) is 8.76. The summed E-state index contributed by atoms with van der Waals surface area (Å²) in [7, 11) is 0. The molecule has 0 nitrogen and oxygen atoms in total. The van der Waals surface area contributed by atoms with E-state index in [4.69, 9.17) is 0 Å². The molecule has 4 rings (SSSR count). The average Bonchev–Trinajstić information content (AvgIpc) is 2.79. The van der Waals surface area contributed by atoms with Crippen molar-refractivity contribution >= 4 is 10.8 Å².